The van der Waals surface area contributed by atoms with E-state index >= 15 is 0 Å². The standard InChI is InChI=1S/C28H30Cl2N6O3/c1-3-35-15-13-31-25(29)27(35)33-21-5-9-23(10-6-21)38-19-17-37-18-20-39-24-11-7-22(8-12-24)34-28-26(30)32-14-16-36(28)4-2/h5-16H,3-4,17-20H2,1-2H3. The Labute approximate surface area is 237 Å². The van der Waals surface area contributed by atoms with Gasteiger partial charge >= 0.3 is 0 Å². The van der Waals surface area contributed by atoms with Crippen molar-refractivity contribution in [3.8, 4) is 11.5 Å². The monoisotopic (exact) mass is 568 g/mol. The summed E-state index contributed by atoms with van der Waals surface area (Å²) in [6, 6.07) is 14.9. The number of nitrogens with zero attached hydrogens (tertiary/aromatic N) is 6. The molecule has 0 aliphatic rings. The van der Waals surface area contributed by atoms with Crippen LogP contribution in [0.4, 0.5) is 11.4 Å². The minimum atomic E-state index is 0.365. The molecule has 0 radical (unpaired) electrons. The quantitative estimate of drug-likeness (QED) is 0.214. The fraction of sp³-hybridized carbons (Fsp3) is 0.286. The summed E-state index contributed by atoms with van der Waals surface area (Å²) in [5, 5.41) is 0.730. The van der Waals surface area contributed by atoms with Crippen LogP contribution >= 0.6 is 23.2 Å². The fourth-order valence-electron chi connectivity index (χ4n) is 3.60. The highest BCUT2D eigenvalue weighted by molar-refractivity contribution is 6.29. The van der Waals surface area contributed by atoms with Gasteiger partial charge in [-0.15, -0.1) is 0 Å². The van der Waals surface area contributed by atoms with Crippen molar-refractivity contribution in [2.45, 2.75) is 26.9 Å². The zero-order chi connectivity index (χ0) is 27.5. The molecule has 2 aromatic heterocycles. The molecule has 2 aromatic carbocycles. The molecule has 39 heavy (non-hydrogen) atoms. The molecule has 0 saturated carbocycles. The predicted octanol–water partition coefficient (Wildman–Crippen LogP) is 5.37. The lowest BCUT2D eigenvalue weighted by molar-refractivity contribution is 0.0764. The summed E-state index contributed by atoms with van der Waals surface area (Å²) in [6.07, 6.45) is 7.02. The Bertz CT molecular complexity index is 1370. The Morgan fingerprint density at radius 1 is 0.641 bits per heavy atom. The van der Waals surface area contributed by atoms with Crippen molar-refractivity contribution in [1.29, 1.82) is 0 Å². The van der Waals surface area contributed by atoms with Gasteiger partial charge in [0.25, 0.3) is 0 Å². The lowest BCUT2D eigenvalue weighted by Crippen LogP contribution is -2.21. The first-order valence-electron chi connectivity index (χ1n) is 12.6. The SMILES string of the molecule is CCn1ccnc(Cl)c1=Nc1ccc(OCCOCCOc2ccc(N=c3c(Cl)nccn3CC)cc2)cc1. The summed E-state index contributed by atoms with van der Waals surface area (Å²) in [5.74, 6) is 1.47. The molecule has 0 aliphatic heterocycles. The molecule has 4 aromatic rings. The van der Waals surface area contributed by atoms with E-state index in [1.54, 1.807) is 12.4 Å². The van der Waals surface area contributed by atoms with Gasteiger partial charge in [-0.05, 0) is 62.4 Å². The molecular weight excluding hydrogens is 539 g/mol. The van der Waals surface area contributed by atoms with Crippen molar-refractivity contribution < 1.29 is 14.2 Å². The Morgan fingerprint density at radius 2 is 1.05 bits per heavy atom. The molecule has 0 fully saturated rings. The maximum absolute atomic E-state index is 6.21. The topological polar surface area (TPSA) is 88.1 Å². The van der Waals surface area contributed by atoms with Gasteiger partial charge in [-0.3, -0.25) is 0 Å². The maximum Gasteiger partial charge on any atom is 0.172 e. The Hall–Kier alpha value is -3.66. The summed E-state index contributed by atoms with van der Waals surface area (Å²) >= 11 is 12.4. The van der Waals surface area contributed by atoms with Crippen LogP contribution in [-0.2, 0) is 17.8 Å². The lowest BCUT2D eigenvalue weighted by atomic mass is 10.3. The normalized spacial score (nSPS) is 12.1. The summed E-state index contributed by atoms with van der Waals surface area (Å²) in [6.45, 7) is 7.28. The number of hydrogen-bond acceptors (Lipinski definition) is 7. The highest BCUT2D eigenvalue weighted by Gasteiger charge is 2.02. The number of hydrogen-bond donors (Lipinski definition) is 0. The molecule has 2 heterocycles. The number of aryl methyl sites for hydroxylation is 2. The van der Waals surface area contributed by atoms with Gasteiger partial charge in [-0.25, -0.2) is 20.0 Å². The minimum Gasteiger partial charge on any atom is -0.491 e. The van der Waals surface area contributed by atoms with Gasteiger partial charge < -0.3 is 23.3 Å². The summed E-state index contributed by atoms with van der Waals surface area (Å²) in [7, 11) is 0. The van der Waals surface area contributed by atoms with Crippen molar-refractivity contribution >= 4 is 34.6 Å². The van der Waals surface area contributed by atoms with Crippen LogP contribution in [0.3, 0.4) is 0 Å². The first-order chi connectivity index (χ1) is 19.1. The highest BCUT2D eigenvalue weighted by atomic mass is 35.5. The molecule has 0 atom stereocenters. The first-order valence-corrected chi connectivity index (χ1v) is 13.4. The summed E-state index contributed by atoms with van der Waals surface area (Å²) < 4.78 is 21.0. The number of benzene rings is 2. The van der Waals surface area contributed by atoms with E-state index in [1.807, 2.05) is 83.9 Å². The molecular formula is C28H30Cl2N6O3. The van der Waals surface area contributed by atoms with E-state index in [0.717, 1.165) is 36.0 Å². The Kier molecular flexibility index (Phi) is 10.5. The van der Waals surface area contributed by atoms with Crippen molar-refractivity contribution in [2.75, 3.05) is 26.4 Å². The molecule has 11 heteroatoms. The Balaban J connectivity index is 1.18. The number of ether oxygens (including phenoxy) is 3. The number of rotatable bonds is 12. The molecule has 0 unspecified atom stereocenters. The van der Waals surface area contributed by atoms with Crippen LogP contribution < -0.4 is 20.4 Å². The molecule has 0 N–H and O–H groups in total. The molecule has 9 nitrogen and oxygen atoms in total. The summed E-state index contributed by atoms with van der Waals surface area (Å²) in [4.78, 5) is 17.4. The van der Waals surface area contributed by atoms with E-state index in [4.69, 9.17) is 37.4 Å². The fourth-order valence-corrected chi connectivity index (χ4v) is 4.01. The zero-order valence-corrected chi connectivity index (χ0v) is 23.3. The molecule has 0 saturated heterocycles. The van der Waals surface area contributed by atoms with Gasteiger partial charge in [-0.2, -0.15) is 0 Å². The van der Waals surface area contributed by atoms with E-state index in [9.17, 15) is 0 Å². The lowest BCUT2D eigenvalue weighted by Gasteiger charge is -2.09. The van der Waals surface area contributed by atoms with Crippen molar-refractivity contribution in [3.05, 3.63) is 94.6 Å². The number of halogens is 2. The van der Waals surface area contributed by atoms with Crippen LogP contribution in [0, 0.1) is 0 Å². The molecule has 0 bridgehead atoms. The van der Waals surface area contributed by atoms with Crippen molar-refractivity contribution in [1.82, 2.24) is 19.1 Å². The van der Waals surface area contributed by atoms with Crippen LogP contribution in [0.5, 0.6) is 11.5 Å². The van der Waals surface area contributed by atoms with Crippen molar-refractivity contribution in [2.24, 2.45) is 9.98 Å². The third-order valence-corrected chi connectivity index (χ3v) is 6.13. The molecule has 0 aliphatic carbocycles. The van der Waals surface area contributed by atoms with Crippen molar-refractivity contribution in [3.63, 3.8) is 0 Å². The van der Waals surface area contributed by atoms with E-state index < -0.39 is 0 Å². The predicted molar refractivity (Wildman–Crippen MR) is 151 cm³/mol. The van der Waals surface area contributed by atoms with Crippen LogP contribution in [0.25, 0.3) is 0 Å². The van der Waals surface area contributed by atoms with Crippen LogP contribution in [0.2, 0.25) is 10.3 Å². The first kappa shape index (κ1) is 28.4. The van der Waals surface area contributed by atoms with E-state index in [-0.39, 0.29) is 0 Å². The van der Waals surface area contributed by atoms with E-state index in [1.165, 1.54) is 0 Å². The number of aromatic nitrogens is 4. The average Bonchev–Trinajstić information content (AvgIpc) is 2.96. The largest absolute Gasteiger partial charge is 0.491 e. The van der Waals surface area contributed by atoms with Crippen LogP contribution in [0.1, 0.15) is 13.8 Å². The maximum atomic E-state index is 6.21. The van der Waals surface area contributed by atoms with Gasteiger partial charge in [-0.1, -0.05) is 23.2 Å². The highest BCUT2D eigenvalue weighted by Crippen LogP contribution is 2.19. The Morgan fingerprint density at radius 3 is 1.44 bits per heavy atom. The molecule has 4 rings (SSSR count). The van der Waals surface area contributed by atoms with Gasteiger partial charge in [0, 0.05) is 37.9 Å². The van der Waals surface area contributed by atoms with Crippen LogP contribution in [0.15, 0.2) is 83.3 Å². The van der Waals surface area contributed by atoms with E-state index in [0.29, 0.717) is 47.7 Å². The second-order valence-corrected chi connectivity index (χ2v) is 8.89. The minimum absolute atomic E-state index is 0.365. The summed E-state index contributed by atoms with van der Waals surface area (Å²) in [5.41, 5.74) is 2.77. The van der Waals surface area contributed by atoms with Gasteiger partial charge in [0.05, 0.1) is 24.6 Å². The smallest absolute Gasteiger partial charge is 0.172 e. The van der Waals surface area contributed by atoms with Crippen LogP contribution in [-0.4, -0.2) is 45.5 Å². The van der Waals surface area contributed by atoms with Gasteiger partial charge in [0.1, 0.15) is 24.7 Å². The van der Waals surface area contributed by atoms with Gasteiger partial charge in [0.2, 0.25) is 0 Å². The third-order valence-electron chi connectivity index (χ3n) is 5.60. The van der Waals surface area contributed by atoms with Gasteiger partial charge in [0.15, 0.2) is 21.3 Å². The second-order valence-electron chi connectivity index (χ2n) is 8.18. The molecule has 204 valence electrons. The molecule has 0 amide bonds. The molecule has 0 spiro atoms. The third kappa shape index (κ3) is 8.16. The average molecular weight is 569 g/mol. The second kappa shape index (κ2) is 14.5. The zero-order valence-electron chi connectivity index (χ0n) is 21.8. The van der Waals surface area contributed by atoms with E-state index in [2.05, 4.69) is 20.0 Å².